The first-order valence-corrected chi connectivity index (χ1v) is 7.54. The van der Waals surface area contributed by atoms with E-state index in [-0.39, 0.29) is 5.69 Å². The van der Waals surface area contributed by atoms with E-state index >= 15 is 0 Å². The Labute approximate surface area is 129 Å². The average Bonchev–Trinajstić information content (AvgIpc) is 2.44. The maximum atomic E-state index is 13.2. The lowest BCUT2D eigenvalue weighted by Gasteiger charge is -2.16. The fourth-order valence-corrected chi connectivity index (χ4v) is 2.11. The molecule has 0 heterocycles. The molecule has 0 bridgehead atoms. The molecule has 0 aromatic heterocycles. The minimum Gasteiger partial charge on any atom is -0.352 e. The van der Waals surface area contributed by atoms with Gasteiger partial charge in [0.2, 0.25) is 11.7 Å². The van der Waals surface area contributed by atoms with Gasteiger partial charge in [0.15, 0.2) is 0 Å². The molecular weight excluding hydrogens is 315 g/mol. The van der Waals surface area contributed by atoms with Gasteiger partial charge in [-0.15, -0.1) is 0 Å². The molecular formula is C12H15FN4O4S. The molecule has 120 valence electrons. The molecule has 10 heteroatoms. The Bertz CT molecular complexity index is 584. The summed E-state index contributed by atoms with van der Waals surface area (Å²) in [5, 5.41) is 15.3. The third kappa shape index (κ3) is 5.20. The zero-order valence-electron chi connectivity index (χ0n) is 11.7. The van der Waals surface area contributed by atoms with Gasteiger partial charge in [-0.1, -0.05) is 0 Å². The van der Waals surface area contributed by atoms with Gasteiger partial charge in [0, 0.05) is 11.8 Å². The van der Waals surface area contributed by atoms with E-state index < -0.39 is 34.4 Å². The predicted molar refractivity (Wildman–Crippen MR) is 81.2 cm³/mol. The first-order chi connectivity index (χ1) is 10.3. The summed E-state index contributed by atoms with van der Waals surface area (Å²) in [5.74, 6) is -0.993. The number of primary amides is 1. The van der Waals surface area contributed by atoms with E-state index in [1.165, 1.54) is 17.8 Å². The number of thioether (sulfide) groups is 1. The Kier molecular flexibility index (Phi) is 6.57. The summed E-state index contributed by atoms with van der Waals surface area (Å²) in [6.45, 7) is 0. The van der Waals surface area contributed by atoms with Crippen LogP contribution >= 0.6 is 11.8 Å². The third-order valence-electron chi connectivity index (χ3n) is 2.65. The number of nitro benzene ring substituents is 1. The van der Waals surface area contributed by atoms with Crippen LogP contribution in [0.4, 0.5) is 20.6 Å². The molecule has 1 atom stereocenters. The van der Waals surface area contributed by atoms with Gasteiger partial charge in [0.1, 0.15) is 6.04 Å². The molecule has 0 aliphatic carbocycles. The quantitative estimate of drug-likeness (QED) is 0.515. The van der Waals surface area contributed by atoms with Crippen LogP contribution in [0.2, 0.25) is 0 Å². The molecule has 0 saturated heterocycles. The van der Waals surface area contributed by atoms with Crippen molar-refractivity contribution >= 4 is 35.1 Å². The highest BCUT2D eigenvalue weighted by atomic mass is 32.2. The zero-order chi connectivity index (χ0) is 16.7. The second-order valence-electron chi connectivity index (χ2n) is 4.26. The molecule has 0 aliphatic heterocycles. The molecule has 0 fully saturated rings. The number of nitrogens with one attached hydrogen (secondary N) is 2. The van der Waals surface area contributed by atoms with Crippen molar-refractivity contribution in [3.63, 3.8) is 0 Å². The maximum absolute atomic E-state index is 13.2. The highest BCUT2D eigenvalue weighted by Crippen LogP contribution is 2.21. The van der Waals surface area contributed by atoms with Gasteiger partial charge in [-0.3, -0.25) is 14.9 Å². The number of nitro groups is 1. The molecule has 0 aliphatic rings. The molecule has 1 aromatic rings. The van der Waals surface area contributed by atoms with Crippen LogP contribution in [0.15, 0.2) is 18.2 Å². The fraction of sp³-hybridized carbons (Fsp3) is 0.333. The lowest BCUT2D eigenvalue weighted by molar-refractivity contribution is -0.387. The largest absolute Gasteiger partial charge is 0.352 e. The smallest absolute Gasteiger partial charge is 0.312 e. The number of amides is 3. The van der Waals surface area contributed by atoms with Crippen molar-refractivity contribution in [1.82, 2.24) is 5.32 Å². The van der Waals surface area contributed by atoms with E-state index in [1.807, 2.05) is 6.26 Å². The first-order valence-electron chi connectivity index (χ1n) is 6.15. The number of nitrogens with zero attached hydrogens (tertiary/aromatic N) is 1. The zero-order valence-corrected chi connectivity index (χ0v) is 12.5. The number of hydrogen-bond acceptors (Lipinski definition) is 5. The molecule has 22 heavy (non-hydrogen) atoms. The van der Waals surface area contributed by atoms with Crippen molar-refractivity contribution in [2.45, 2.75) is 12.5 Å². The normalized spacial score (nSPS) is 11.5. The van der Waals surface area contributed by atoms with Crippen molar-refractivity contribution in [3.8, 4) is 0 Å². The summed E-state index contributed by atoms with van der Waals surface area (Å²) in [6, 6.07) is 1.24. The van der Waals surface area contributed by atoms with E-state index in [0.717, 1.165) is 12.1 Å². The van der Waals surface area contributed by atoms with Gasteiger partial charge < -0.3 is 16.4 Å². The SMILES string of the molecule is CSCCC(NC(N)=O)C(=O)Nc1ccc(F)c([N+](=O)[O-])c1. The molecule has 0 spiro atoms. The van der Waals surface area contributed by atoms with Crippen LogP contribution < -0.4 is 16.4 Å². The molecule has 8 nitrogen and oxygen atoms in total. The van der Waals surface area contributed by atoms with E-state index in [2.05, 4.69) is 10.6 Å². The molecule has 1 aromatic carbocycles. The van der Waals surface area contributed by atoms with Gasteiger partial charge in [0.05, 0.1) is 4.92 Å². The molecule has 0 radical (unpaired) electrons. The highest BCUT2D eigenvalue weighted by molar-refractivity contribution is 7.98. The summed E-state index contributed by atoms with van der Waals surface area (Å²) >= 11 is 1.48. The minimum atomic E-state index is -1.00. The van der Waals surface area contributed by atoms with Crippen molar-refractivity contribution in [3.05, 3.63) is 34.1 Å². The Hall–Kier alpha value is -2.36. The first kappa shape index (κ1) is 17.7. The van der Waals surface area contributed by atoms with Crippen LogP contribution in [0.25, 0.3) is 0 Å². The molecule has 1 unspecified atom stereocenters. The summed E-state index contributed by atoms with van der Waals surface area (Å²) in [6.07, 6.45) is 2.17. The lowest BCUT2D eigenvalue weighted by Crippen LogP contribution is -2.46. The predicted octanol–water partition coefficient (Wildman–Crippen LogP) is 1.46. The third-order valence-corrected chi connectivity index (χ3v) is 3.30. The molecule has 1 rings (SSSR count). The van der Waals surface area contributed by atoms with Gasteiger partial charge in [-0.25, -0.2) is 4.79 Å². The number of rotatable bonds is 7. The molecule has 3 amide bonds. The summed E-state index contributed by atoms with van der Waals surface area (Å²) in [7, 11) is 0. The van der Waals surface area contributed by atoms with Crippen molar-refractivity contribution in [2.75, 3.05) is 17.3 Å². The Morgan fingerprint density at radius 1 is 1.50 bits per heavy atom. The van der Waals surface area contributed by atoms with Gasteiger partial charge >= 0.3 is 11.7 Å². The maximum Gasteiger partial charge on any atom is 0.312 e. The van der Waals surface area contributed by atoms with Crippen LogP contribution in [-0.4, -0.2) is 34.9 Å². The number of benzene rings is 1. The number of hydrogen-bond donors (Lipinski definition) is 3. The van der Waals surface area contributed by atoms with E-state index in [4.69, 9.17) is 5.73 Å². The number of urea groups is 1. The van der Waals surface area contributed by atoms with E-state index in [0.29, 0.717) is 12.2 Å². The lowest BCUT2D eigenvalue weighted by atomic mass is 10.2. The van der Waals surface area contributed by atoms with Crippen molar-refractivity contribution < 1.29 is 18.9 Å². The highest BCUT2D eigenvalue weighted by Gasteiger charge is 2.21. The summed E-state index contributed by atoms with van der Waals surface area (Å²) in [4.78, 5) is 32.7. The number of halogens is 1. The Morgan fingerprint density at radius 2 is 2.18 bits per heavy atom. The number of carbonyl (C=O) groups is 2. The molecule has 4 N–H and O–H groups in total. The Balaban J connectivity index is 2.86. The standard InChI is InChI=1S/C12H15FN4O4S/c1-22-5-4-9(16-12(14)19)11(18)15-7-2-3-8(13)10(6-7)17(20)21/h2-3,6,9H,4-5H2,1H3,(H,15,18)(H3,14,16,19). The minimum absolute atomic E-state index is 0.0542. The van der Waals surface area contributed by atoms with E-state index in [1.54, 1.807) is 0 Å². The van der Waals surface area contributed by atoms with Crippen LogP contribution in [-0.2, 0) is 4.79 Å². The topological polar surface area (TPSA) is 127 Å². The van der Waals surface area contributed by atoms with E-state index in [9.17, 15) is 24.1 Å². The van der Waals surface area contributed by atoms with Crippen LogP contribution in [0.1, 0.15) is 6.42 Å². The van der Waals surface area contributed by atoms with Crippen molar-refractivity contribution in [1.29, 1.82) is 0 Å². The van der Waals surface area contributed by atoms with Gasteiger partial charge in [0.25, 0.3) is 0 Å². The number of anilines is 1. The van der Waals surface area contributed by atoms with Crippen LogP contribution in [0, 0.1) is 15.9 Å². The number of nitrogens with two attached hydrogens (primary N) is 1. The number of carbonyl (C=O) groups excluding carboxylic acids is 2. The molecule has 0 saturated carbocycles. The Morgan fingerprint density at radius 3 is 2.73 bits per heavy atom. The summed E-state index contributed by atoms with van der Waals surface area (Å²) in [5.41, 5.74) is 4.31. The van der Waals surface area contributed by atoms with Crippen LogP contribution in [0.5, 0.6) is 0 Å². The van der Waals surface area contributed by atoms with Gasteiger partial charge in [-0.2, -0.15) is 16.2 Å². The van der Waals surface area contributed by atoms with Gasteiger partial charge in [-0.05, 0) is 30.6 Å². The summed E-state index contributed by atoms with van der Waals surface area (Å²) < 4.78 is 13.2. The van der Waals surface area contributed by atoms with Crippen LogP contribution in [0.3, 0.4) is 0 Å². The second-order valence-corrected chi connectivity index (χ2v) is 5.24. The fourth-order valence-electron chi connectivity index (χ4n) is 1.64. The second kappa shape index (κ2) is 8.17. The monoisotopic (exact) mass is 330 g/mol. The average molecular weight is 330 g/mol. The van der Waals surface area contributed by atoms with Crippen molar-refractivity contribution in [2.24, 2.45) is 5.73 Å².